The first-order valence-electron chi connectivity index (χ1n) is 15.4. The fourth-order valence-electron chi connectivity index (χ4n) is 6.10. The number of fused-ring (bicyclic) bond motifs is 4. The smallest absolute Gasteiger partial charge is 0.164 e. The Balaban J connectivity index is 1.26. The third-order valence-corrected chi connectivity index (χ3v) is 9.48. The zero-order chi connectivity index (χ0) is 31.2. The molecule has 5 nitrogen and oxygen atoms in total. The first kappa shape index (κ1) is 27.2. The maximum atomic E-state index is 5.14. The van der Waals surface area contributed by atoms with Crippen molar-refractivity contribution < 1.29 is 0 Å². The van der Waals surface area contributed by atoms with Gasteiger partial charge in [0.05, 0.1) is 11.2 Å². The van der Waals surface area contributed by atoms with Crippen LogP contribution >= 0.6 is 11.3 Å². The summed E-state index contributed by atoms with van der Waals surface area (Å²) in [6, 6.07) is 51.6. The standard InChI is InChI=1S/C41H25N5S/c1-4-13-26(14-5-1)37-30-19-10-11-21-33(30)42-40(43-37)29-23-24-34-32(25-29)36-31(20-12-22-35(36)47-34)41-45-38(27-15-6-2-7-16-27)44-39(46-41)28-17-8-3-9-18-28/h1-25H. The van der Waals surface area contributed by atoms with Gasteiger partial charge in [0.2, 0.25) is 0 Å². The molecule has 0 aliphatic heterocycles. The number of para-hydroxylation sites is 1. The summed E-state index contributed by atoms with van der Waals surface area (Å²) in [6.45, 7) is 0. The largest absolute Gasteiger partial charge is 0.228 e. The zero-order valence-corrected chi connectivity index (χ0v) is 25.9. The van der Waals surface area contributed by atoms with Crippen LogP contribution in [-0.2, 0) is 0 Å². The molecule has 9 rings (SSSR count). The Bertz CT molecular complexity index is 2510. The van der Waals surface area contributed by atoms with Crippen LogP contribution in [0.3, 0.4) is 0 Å². The second-order valence-electron chi connectivity index (χ2n) is 11.3. The fraction of sp³-hybridized carbons (Fsp3) is 0. The van der Waals surface area contributed by atoms with Gasteiger partial charge in [-0.2, -0.15) is 0 Å². The third kappa shape index (κ3) is 4.92. The molecule has 6 aromatic carbocycles. The monoisotopic (exact) mass is 619 g/mol. The van der Waals surface area contributed by atoms with E-state index in [9.17, 15) is 0 Å². The maximum Gasteiger partial charge on any atom is 0.164 e. The van der Waals surface area contributed by atoms with Gasteiger partial charge in [-0.25, -0.2) is 24.9 Å². The summed E-state index contributed by atoms with van der Waals surface area (Å²) < 4.78 is 2.35. The topological polar surface area (TPSA) is 64.5 Å². The van der Waals surface area contributed by atoms with Crippen molar-refractivity contribution in [3.8, 4) is 56.8 Å². The Labute approximate surface area is 275 Å². The van der Waals surface area contributed by atoms with Crippen molar-refractivity contribution in [2.45, 2.75) is 0 Å². The molecule has 0 aliphatic carbocycles. The number of aromatic nitrogens is 5. The van der Waals surface area contributed by atoms with Crippen molar-refractivity contribution in [3.63, 3.8) is 0 Å². The van der Waals surface area contributed by atoms with E-state index in [-0.39, 0.29) is 0 Å². The van der Waals surface area contributed by atoms with Crippen LogP contribution in [0.4, 0.5) is 0 Å². The third-order valence-electron chi connectivity index (χ3n) is 8.34. The predicted octanol–water partition coefficient (Wildman–Crippen LogP) is 10.5. The predicted molar refractivity (Wildman–Crippen MR) is 193 cm³/mol. The Morgan fingerprint density at radius 3 is 1.66 bits per heavy atom. The lowest BCUT2D eigenvalue weighted by Gasteiger charge is -2.10. The first-order valence-corrected chi connectivity index (χ1v) is 16.3. The minimum atomic E-state index is 0.640. The molecule has 0 atom stereocenters. The van der Waals surface area contributed by atoms with Gasteiger partial charge >= 0.3 is 0 Å². The SMILES string of the molecule is c1ccc(-c2nc(-c3ccccc3)nc(-c3cccc4sc5ccc(-c6nc(-c7ccccc7)c7ccccc7n6)cc5c34)n2)cc1. The Kier molecular flexibility index (Phi) is 6.58. The van der Waals surface area contributed by atoms with E-state index in [1.54, 1.807) is 11.3 Å². The normalized spacial score (nSPS) is 11.4. The van der Waals surface area contributed by atoms with Crippen molar-refractivity contribution in [1.82, 2.24) is 24.9 Å². The minimum Gasteiger partial charge on any atom is -0.228 e. The average molecular weight is 620 g/mol. The lowest BCUT2D eigenvalue weighted by Crippen LogP contribution is -2.00. The molecule has 6 heteroatoms. The van der Waals surface area contributed by atoms with Gasteiger partial charge in [-0.1, -0.05) is 121 Å². The molecule has 0 saturated carbocycles. The summed E-state index contributed by atoms with van der Waals surface area (Å²) in [7, 11) is 0. The first-order chi connectivity index (χ1) is 23.3. The van der Waals surface area contributed by atoms with Crippen LogP contribution in [0.1, 0.15) is 0 Å². The van der Waals surface area contributed by atoms with E-state index >= 15 is 0 Å². The Hall–Kier alpha value is -6.11. The second-order valence-corrected chi connectivity index (χ2v) is 12.4. The molecule has 0 saturated heterocycles. The fourth-order valence-corrected chi connectivity index (χ4v) is 7.22. The van der Waals surface area contributed by atoms with Crippen LogP contribution < -0.4 is 0 Å². The molecule has 3 aromatic heterocycles. The average Bonchev–Trinajstić information content (AvgIpc) is 3.53. The molecular formula is C41H25N5S. The molecule has 0 radical (unpaired) electrons. The number of thiophene rings is 1. The summed E-state index contributed by atoms with van der Waals surface area (Å²) in [6.07, 6.45) is 0. The van der Waals surface area contributed by atoms with Crippen LogP contribution in [0.5, 0.6) is 0 Å². The maximum absolute atomic E-state index is 5.14. The molecule has 0 unspecified atom stereocenters. The van der Waals surface area contributed by atoms with Crippen LogP contribution in [0.15, 0.2) is 152 Å². The van der Waals surface area contributed by atoms with Gasteiger partial charge in [0, 0.05) is 53.4 Å². The van der Waals surface area contributed by atoms with Crippen LogP contribution in [0.2, 0.25) is 0 Å². The minimum absolute atomic E-state index is 0.640. The molecule has 0 fully saturated rings. The summed E-state index contributed by atoms with van der Waals surface area (Å²) in [4.78, 5) is 25.2. The number of rotatable bonds is 5. The summed E-state index contributed by atoms with van der Waals surface area (Å²) in [5, 5.41) is 3.27. The van der Waals surface area contributed by atoms with Crippen molar-refractivity contribution >= 4 is 42.4 Å². The molecular weight excluding hydrogens is 595 g/mol. The zero-order valence-electron chi connectivity index (χ0n) is 25.1. The second kappa shape index (κ2) is 11.4. The van der Waals surface area contributed by atoms with Crippen molar-refractivity contribution in [3.05, 3.63) is 152 Å². The van der Waals surface area contributed by atoms with E-state index in [0.29, 0.717) is 23.3 Å². The molecule has 3 heterocycles. The van der Waals surface area contributed by atoms with E-state index < -0.39 is 0 Å². The van der Waals surface area contributed by atoms with Crippen LogP contribution in [0.25, 0.3) is 87.9 Å². The summed E-state index contributed by atoms with van der Waals surface area (Å²) >= 11 is 1.77. The summed E-state index contributed by atoms with van der Waals surface area (Å²) in [5.74, 6) is 2.62. The van der Waals surface area contributed by atoms with Gasteiger partial charge in [-0.15, -0.1) is 11.3 Å². The molecule has 0 spiro atoms. The molecule has 47 heavy (non-hydrogen) atoms. The highest BCUT2D eigenvalue weighted by Gasteiger charge is 2.18. The van der Waals surface area contributed by atoms with Crippen LogP contribution in [-0.4, -0.2) is 24.9 Å². The lowest BCUT2D eigenvalue weighted by atomic mass is 10.0. The highest BCUT2D eigenvalue weighted by atomic mass is 32.1. The Morgan fingerprint density at radius 1 is 0.362 bits per heavy atom. The van der Waals surface area contributed by atoms with E-state index in [2.05, 4.69) is 60.7 Å². The van der Waals surface area contributed by atoms with Gasteiger partial charge in [-0.3, -0.25) is 0 Å². The number of hydrogen-bond acceptors (Lipinski definition) is 6. The summed E-state index contributed by atoms with van der Waals surface area (Å²) in [5.41, 5.74) is 6.72. The Morgan fingerprint density at radius 2 is 0.957 bits per heavy atom. The molecule has 0 amide bonds. The van der Waals surface area contributed by atoms with E-state index in [1.165, 1.54) is 9.40 Å². The highest BCUT2D eigenvalue weighted by Crippen LogP contribution is 2.41. The van der Waals surface area contributed by atoms with Gasteiger partial charge in [0.25, 0.3) is 0 Å². The van der Waals surface area contributed by atoms with Gasteiger partial charge < -0.3 is 0 Å². The van der Waals surface area contributed by atoms with Crippen LogP contribution in [0, 0.1) is 0 Å². The molecule has 220 valence electrons. The van der Waals surface area contributed by atoms with Gasteiger partial charge in [0.15, 0.2) is 23.3 Å². The quantitative estimate of drug-likeness (QED) is 0.192. The molecule has 0 aliphatic rings. The molecule has 9 aromatic rings. The van der Waals surface area contributed by atoms with Gasteiger partial charge in [-0.05, 0) is 30.3 Å². The number of hydrogen-bond donors (Lipinski definition) is 0. The van der Waals surface area contributed by atoms with Crippen molar-refractivity contribution in [2.75, 3.05) is 0 Å². The van der Waals surface area contributed by atoms with Crippen molar-refractivity contribution in [2.24, 2.45) is 0 Å². The van der Waals surface area contributed by atoms with Gasteiger partial charge in [0.1, 0.15) is 0 Å². The van der Waals surface area contributed by atoms with Crippen molar-refractivity contribution in [1.29, 1.82) is 0 Å². The lowest BCUT2D eigenvalue weighted by molar-refractivity contribution is 1.08. The number of nitrogens with zero attached hydrogens (tertiary/aromatic N) is 5. The highest BCUT2D eigenvalue weighted by molar-refractivity contribution is 7.26. The van der Waals surface area contributed by atoms with E-state index in [1.807, 2.05) is 91.0 Å². The molecule has 0 bridgehead atoms. The van der Waals surface area contributed by atoms with E-state index in [4.69, 9.17) is 24.9 Å². The molecule has 0 N–H and O–H groups in total. The number of benzene rings is 6. The van der Waals surface area contributed by atoms with E-state index in [0.717, 1.165) is 55.2 Å².